The molecule has 0 spiro atoms. The van der Waals surface area contributed by atoms with Crippen LogP contribution in [0.2, 0.25) is 0 Å². The van der Waals surface area contributed by atoms with E-state index in [0.29, 0.717) is 11.8 Å². The van der Waals surface area contributed by atoms with Gasteiger partial charge in [-0.1, -0.05) is 6.42 Å². The summed E-state index contributed by atoms with van der Waals surface area (Å²) < 4.78 is 7.09. The lowest BCUT2D eigenvalue weighted by Crippen LogP contribution is -2.41. The second-order valence-corrected chi connectivity index (χ2v) is 7.22. The summed E-state index contributed by atoms with van der Waals surface area (Å²) in [6.45, 7) is 7.26. The predicted molar refractivity (Wildman–Crippen MR) is 96.0 cm³/mol. The lowest BCUT2D eigenvalue weighted by Gasteiger charge is -2.34. The monoisotopic (exact) mass is 344 g/mol. The molecule has 25 heavy (non-hydrogen) atoms. The van der Waals surface area contributed by atoms with Crippen LogP contribution < -0.4 is 4.74 Å². The maximum absolute atomic E-state index is 5.24. The van der Waals surface area contributed by atoms with E-state index in [9.17, 15) is 0 Å². The normalized spacial score (nSPS) is 21.0. The number of nitrogens with zero attached hydrogens (tertiary/aromatic N) is 6. The molecule has 0 bridgehead atoms. The van der Waals surface area contributed by atoms with Crippen molar-refractivity contribution in [1.29, 1.82) is 0 Å². The Hall–Kier alpha value is -1.73. The zero-order valence-electron chi connectivity index (χ0n) is 15.1. The molecule has 0 amide bonds. The summed E-state index contributed by atoms with van der Waals surface area (Å²) in [5.41, 5.74) is 0.795. The molecule has 0 N–H and O–H groups in total. The van der Waals surface area contributed by atoms with E-state index in [1.807, 2.05) is 16.6 Å². The fourth-order valence-corrected chi connectivity index (χ4v) is 4.03. The highest BCUT2D eigenvalue weighted by Gasteiger charge is 2.25. The lowest BCUT2D eigenvalue weighted by molar-refractivity contribution is 0.157. The third-order valence-corrected chi connectivity index (χ3v) is 5.61. The molecular weight excluding hydrogens is 316 g/mol. The summed E-state index contributed by atoms with van der Waals surface area (Å²) in [6, 6.07) is 3.74. The van der Waals surface area contributed by atoms with Gasteiger partial charge in [-0.05, 0) is 57.9 Å². The van der Waals surface area contributed by atoms with Gasteiger partial charge in [-0.3, -0.25) is 0 Å². The summed E-state index contributed by atoms with van der Waals surface area (Å²) in [6.07, 6.45) is 6.41. The molecule has 0 aliphatic carbocycles. The molecule has 2 aromatic heterocycles. The molecule has 7 nitrogen and oxygen atoms in total. The Labute approximate surface area is 149 Å². The van der Waals surface area contributed by atoms with E-state index in [1.165, 1.54) is 45.4 Å². The van der Waals surface area contributed by atoms with Gasteiger partial charge in [0.2, 0.25) is 5.88 Å². The number of methoxy groups -OCH3 is 1. The summed E-state index contributed by atoms with van der Waals surface area (Å²) in [4.78, 5) is 5.22. The molecule has 0 unspecified atom stereocenters. The van der Waals surface area contributed by atoms with Gasteiger partial charge in [0.1, 0.15) is 0 Å². The third-order valence-electron chi connectivity index (χ3n) is 5.61. The minimum Gasteiger partial charge on any atom is -0.480 e. The van der Waals surface area contributed by atoms with Crippen LogP contribution in [0, 0.1) is 0 Å². The number of aromatic nitrogens is 4. The first-order chi connectivity index (χ1) is 12.3. The Bertz CT molecular complexity index is 688. The van der Waals surface area contributed by atoms with Crippen molar-refractivity contribution >= 4 is 5.65 Å². The van der Waals surface area contributed by atoms with Gasteiger partial charge in [0.25, 0.3) is 0 Å². The van der Waals surface area contributed by atoms with Crippen molar-refractivity contribution in [2.45, 2.75) is 38.0 Å². The van der Waals surface area contributed by atoms with Crippen LogP contribution in [-0.2, 0) is 0 Å². The predicted octanol–water partition coefficient (Wildman–Crippen LogP) is 1.80. The lowest BCUT2D eigenvalue weighted by atomic mass is 9.96. The largest absolute Gasteiger partial charge is 0.480 e. The maximum Gasteiger partial charge on any atom is 0.231 e. The molecule has 2 fully saturated rings. The zero-order valence-corrected chi connectivity index (χ0v) is 15.1. The van der Waals surface area contributed by atoms with Crippen molar-refractivity contribution in [2.75, 3.05) is 46.4 Å². The number of ether oxygens (including phenoxy) is 1. The highest BCUT2D eigenvalue weighted by Crippen LogP contribution is 2.27. The van der Waals surface area contributed by atoms with Crippen molar-refractivity contribution in [3.63, 3.8) is 0 Å². The number of hydrogen-bond acceptors (Lipinski definition) is 6. The van der Waals surface area contributed by atoms with Crippen LogP contribution in [0.1, 0.15) is 43.8 Å². The zero-order chi connectivity index (χ0) is 17.1. The van der Waals surface area contributed by atoms with Gasteiger partial charge in [0.05, 0.1) is 7.11 Å². The summed E-state index contributed by atoms with van der Waals surface area (Å²) in [5, 5.41) is 13.2. The number of hydrogen-bond donors (Lipinski definition) is 0. The molecule has 2 saturated heterocycles. The Morgan fingerprint density at radius 2 is 1.68 bits per heavy atom. The van der Waals surface area contributed by atoms with Crippen LogP contribution in [0.3, 0.4) is 0 Å². The number of likely N-dealkylation sites (tertiary alicyclic amines) is 2. The molecule has 2 aliphatic heterocycles. The smallest absolute Gasteiger partial charge is 0.231 e. The summed E-state index contributed by atoms with van der Waals surface area (Å²) in [5.74, 6) is 2.01. The Morgan fingerprint density at radius 1 is 0.960 bits per heavy atom. The van der Waals surface area contributed by atoms with Crippen molar-refractivity contribution < 1.29 is 4.74 Å². The van der Waals surface area contributed by atoms with Gasteiger partial charge in [-0.2, -0.15) is 4.52 Å². The summed E-state index contributed by atoms with van der Waals surface area (Å²) >= 11 is 0. The SMILES string of the molecule is COc1ccc2nnc(C3CCN(CCN4CCCCC4)CC3)n2n1. The average Bonchev–Trinajstić information content (AvgIpc) is 3.10. The molecule has 4 rings (SSSR count). The first kappa shape index (κ1) is 16.7. The van der Waals surface area contributed by atoms with E-state index in [0.717, 1.165) is 37.4 Å². The highest BCUT2D eigenvalue weighted by atomic mass is 16.5. The Morgan fingerprint density at radius 3 is 2.40 bits per heavy atom. The van der Waals surface area contributed by atoms with Crippen molar-refractivity contribution in [2.24, 2.45) is 0 Å². The highest BCUT2D eigenvalue weighted by molar-refractivity contribution is 5.38. The number of fused-ring (bicyclic) bond motifs is 1. The maximum atomic E-state index is 5.24. The number of piperidine rings is 2. The van der Waals surface area contributed by atoms with E-state index in [2.05, 4.69) is 25.1 Å². The quantitative estimate of drug-likeness (QED) is 0.824. The van der Waals surface area contributed by atoms with Crippen molar-refractivity contribution in [3.05, 3.63) is 18.0 Å². The third kappa shape index (κ3) is 3.77. The molecular formula is C18H28N6O. The molecule has 0 atom stereocenters. The van der Waals surface area contributed by atoms with Crippen LogP contribution in [0.5, 0.6) is 5.88 Å². The average molecular weight is 344 g/mol. The molecule has 2 aromatic rings. The summed E-state index contributed by atoms with van der Waals surface area (Å²) in [7, 11) is 1.64. The standard InChI is InChI=1S/C18H28N6O/c1-25-17-6-5-16-19-20-18(24(16)21-17)15-7-11-23(12-8-15)14-13-22-9-3-2-4-10-22/h5-6,15H,2-4,7-14H2,1H3. The van der Waals surface area contributed by atoms with Gasteiger partial charge >= 0.3 is 0 Å². The molecule has 136 valence electrons. The molecule has 0 aromatic carbocycles. The topological polar surface area (TPSA) is 58.8 Å². The van der Waals surface area contributed by atoms with Gasteiger partial charge in [0.15, 0.2) is 11.5 Å². The fourth-order valence-electron chi connectivity index (χ4n) is 4.03. The second-order valence-electron chi connectivity index (χ2n) is 7.22. The van der Waals surface area contributed by atoms with Crippen LogP contribution >= 0.6 is 0 Å². The van der Waals surface area contributed by atoms with Gasteiger partial charge < -0.3 is 14.5 Å². The van der Waals surface area contributed by atoms with E-state index in [-0.39, 0.29) is 0 Å². The minimum atomic E-state index is 0.431. The van der Waals surface area contributed by atoms with E-state index in [1.54, 1.807) is 7.11 Å². The first-order valence-corrected chi connectivity index (χ1v) is 9.54. The molecule has 4 heterocycles. The molecule has 0 saturated carbocycles. The Kier molecular flexibility index (Phi) is 5.12. The first-order valence-electron chi connectivity index (χ1n) is 9.54. The van der Waals surface area contributed by atoms with E-state index in [4.69, 9.17) is 4.74 Å². The van der Waals surface area contributed by atoms with Crippen LogP contribution in [0.25, 0.3) is 5.65 Å². The van der Waals surface area contributed by atoms with Gasteiger partial charge in [0, 0.05) is 25.1 Å². The van der Waals surface area contributed by atoms with Crippen LogP contribution in [-0.4, -0.2) is 76.0 Å². The van der Waals surface area contributed by atoms with Crippen LogP contribution in [0.4, 0.5) is 0 Å². The second kappa shape index (κ2) is 7.66. The number of rotatable bonds is 5. The van der Waals surface area contributed by atoms with E-state index < -0.39 is 0 Å². The fraction of sp³-hybridized carbons (Fsp3) is 0.722. The Balaban J connectivity index is 1.34. The van der Waals surface area contributed by atoms with Crippen molar-refractivity contribution in [3.8, 4) is 5.88 Å². The van der Waals surface area contributed by atoms with Gasteiger partial charge in [-0.15, -0.1) is 15.3 Å². The van der Waals surface area contributed by atoms with Gasteiger partial charge in [-0.25, -0.2) is 0 Å². The van der Waals surface area contributed by atoms with Crippen molar-refractivity contribution in [1.82, 2.24) is 29.6 Å². The molecule has 0 radical (unpaired) electrons. The van der Waals surface area contributed by atoms with E-state index >= 15 is 0 Å². The molecule has 2 aliphatic rings. The minimum absolute atomic E-state index is 0.431. The van der Waals surface area contributed by atoms with Crippen LogP contribution in [0.15, 0.2) is 12.1 Å². The molecule has 7 heteroatoms.